The van der Waals surface area contributed by atoms with E-state index >= 15 is 0 Å². The van der Waals surface area contributed by atoms with E-state index in [-0.39, 0.29) is 0 Å². The van der Waals surface area contributed by atoms with Crippen molar-refractivity contribution in [2.45, 2.75) is 12.6 Å². The second-order valence-corrected chi connectivity index (χ2v) is 10.2. The normalized spacial score (nSPS) is 20.5. The van der Waals surface area contributed by atoms with Crippen LogP contribution in [0.25, 0.3) is 10.2 Å². The van der Waals surface area contributed by atoms with Crippen molar-refractivity contribution in [3.05, 3.63) is 35.2 Å². The topological polar surface area (TPSA) is 92.0 Å². The molecule has 0 saturated carbocycles. The van der Waals surface area contributed by atoms with Crippen LogP contribution in [0.5, 0.6) is 0 Å². The first kappa shape index (κ1) is 22.0. The van der Waals surface area contributed by atoms with E-state index in [1.165, 1.54) is 4.88 Å². The molecule has 34 heavy (non-hydrogen) atoms. The smallest absolute Gasteiger partial charge is 0.229 e. The van der Waals surface area contributed by atoms with Crippen molar-refractivity contribution >= 4 is 44.7 Å². The maximum Gasteiger partial charge on any atom is 0.229 e. The molecule has 3 fully saturated rings. The van der Waals surface area contributed by atoms with Crippen LogP contribution >= 0.6 is 11.3 Å². The lowest BCUT2D eigenvalue weighted by Gasteiger charge is -2.46. The minimum Gasteiger partial charge on any atom is -0.397 e. The molecule has 0 atom stereocenters. The molecule has 3 saturated heterocycles. The molecule has 3 N–H and O–H groups in total. The van der Waals surface area contributed by atoms with Gasteiger partial charge in [-0.3, -0.25) is 9.80 Å². The van der Waals surface area contributed by atoms with Crippen molar-refractivity contribution in [3.8, 4) is 0 Å². The Morgan fingerprint density at radius 2 is 1.74 bits per heavy atom. The number of fused-ring (bicyclic) bond motifs is 1. The van der Waals surface area contributed by atoms with E-state index in [1.54, 1.807) is 0 Å². The van der Waals surface area contributed by atoms with E-state index in [4.69, 9.17) is 25.2 Å². The number of nitrogens with zero attached hydrogens (tertiary/aromatic N) is 5. The summed E-state index contributed by atoms with van der Waals surface area (Å²) in [6.45, 7) is 10.1. The molecule has 3 aliphatic heterocycles. The number of ether oxygens (including phenoxy) is 2. The van der Waals surface area contributed by atoms with E-state index in [9.17, 15) is 0 Å². The monoisotopic (exact) mass is 481 g/mol. The van der Waals surface area contributed by atoms with E-state index < -0.39 is 0 Å². The standard InChI is InChI=1S/C24H31N7O2S/c25-19-3-1-2-4-20(19)26-24-27-21-13-18(16-29-14-17(15-29)30-5-9-32-10-6-30)34-22(21)23(28-24)31-7-11-33-12-8-31/h1-4,13,17H,5-12,14-16,25H2,(H,26,27,28). The molecule has 0 spiro atoms. The molecule has 180 valence electrons. The number of nitrogens with two attached hydrogens (primary N) is 1. The maximum atomic E-state index is 6.15. The zero-order chi connectivity index (χ0) is 22.9. The fourth-order valence-corrected chi connectivity index (χ4v) is 6.04. The predicted octanol–water partition coefficient (Wildman–Crippen LogP) is 2.37. The quantitative estimate of drug-likeness (QED) is 0.515. The molecule has 3 aromatic rings. The van der Waals surface area contributed by atoms with Crippen molar-refractivity contribution in [2.24, 2.45) is 0 Å². The summed E-state index contributed by atoms with van der Waals surface area (Å²) < 4.78 is 12.2. The number of hydrogen-bond donors (Lipinski definition) is 2. The van der Waals surface area contributed by atoms with Crippen LogP contribution in [-0.2, 0) is 16.0 Å². The number of nitrogen functional groups attached to an aromatic ring is 1. The van der Waals surface area contributed by atoms with E-state index in [0.717, 1.165) is 94.0 Å². The van der Waals surface area contributed by atoms with Gasteiger partial charge < -0.3 is 25.4 Å². The van der Waals surface area contributed by atoms with Gasteiger partial charge in [0.2, 0.25) is 5.95 Å². The summed E-state index contributed by atoms with van der Waals surface area (Å²) in [5.74, 6) is 1.56. The lowest BCUT2D eigenvalue weighted by Crippen LogP contribution is -2.60. The summed E-state index contributed by atoms with van der Waals surface area (Å²) in [7, 11) is 0. The van der Waals surface area contributed by atoms with Crippen molar-refractivity contribution in [1.82, 2.24) is 19.8 Å². The molecule has 5 heterocycles. The lowest BCUT2D eigenvalue weighted by atomic mass is 10.1. The number of nitrogens with one attached hydrogen (secondary N) is 1. The van der Waals surface area contributed by atoms with Crippen LogP contribution < -0.4 is 16.0 Å². The largest absolute Gasteiger partial charge is 0.397 e. The highest BCUT2D eigenvalue weighted by Gasteiger charge is 2.32. The fraction of sp³-hybridized carbons (Fsp3) is 0.500. The molecule has 0 unspecified atom stereocenters. The van der Waals surface area contributed by atoms with Gasteiger partial charge in [0, 0.05) is 56.7 Å². The Labute approximate surface area is 203 Å². The number of hydrogen-bond acceptors (Lipinski definition) is 10. The van der Waals surface area contributed by atoms with Gasteiger partial charge in [-0.1, -0.05) is 12.1 Å². The summed E-state index contributed by atoms with van der Waals surface area (Å²) in [6.07, 6.45) is 0. The Bertz CT molecular complexity index is 1140. The van der Waals surface area contributed by atoms with Crippen molar-refractivity contribution < 1.29 is 9.47 Å². The third-order valence-electron chi connectivity index (χ3n) is 6.80. The molecule has 0 amide bonds. The minimum atomic E-state index is 0.576. The molecular formula is C24H31N7O2S. The molecule has 3 aliphatic rings. The Balaban J connectivity index is 1.23. The number of para-hydroxylation sites is 2. The van der Waals surface area contributed by atoms with Gasteiger partial charge in [-0.25, -0.2) is 4.98 Å². The van der Waals surface area contributed by atoms with Crippen LogP contribution in [0.2, 0.25) is 0 Å². The Morgan fingerprint density at radius 1 is 1.00 bits per heavy atom. The van der Waals surface area contributed by atoms with Gasteiger partial charge in [0.1, 0.15) is 0 Å². The molecule has 10 heteroatoms. The van der Waals surface area contributed by atoms with Crippen LogP contribution in [0.15, 0.2) is 30.3 Å². The molecule has 9 nitrogen and oxygen atoms in total. The summed E-state index contributed by atoms with van der Waals surface area (Å²) in [4.78, 5) is 18.5. The first-order valence-corrected chi connectivity index (χ1v) is 12.8. The van der Waals surface area contributed by atoms with E-state index in [1.807, 2.05) is 35.6 Å². The molecule has 6 rings (SSSR count). The Hall–Kier alpha value is -2.50. The zero-order valence-electron chi connectivity index (χ0n) is 19.3. The van der Waals surface area contributed by atoms with Gasteiger partial charge in [-0.2, -0.15) is 4.98 Å². The predicted molar refractivity (Wildman–Crippen MR) is 136 cm³/mol. The number of benzene rings is 1. The van der Waals surface area contributed by atoms with Gasteiger partial charge in [-0.15, -0.1) is 11.3 Å². The van der Waals surface area contributed by atoms with Crippen LogP contribution in [0.1, 0.15) is 4.88 Å². The van der Waals surface area contributed by atoms with Crippen LogP contribution in [0.4, 0.5) is 23.1 Å². The highest BCUT2D eigenvalue weighted by Crippen LogP contribution is 2.35. The molecular weight excluding hydrogens is 450 g/mol. The SMILES string of the molecule is Nc1ccccc1Nc1nc(N2CCOCC2)c2sc(CN3CC(N4CCOCC4)C3)cc2n1. The van der Waals surface area contributed by atoms with E-state index in [0.29, 0.717) is 17.7 Å². The van der Waals surface area contributed by atoms with Gasteiger partial charge in [0.15, 0.2) is 5.82 Å². The first-order valence-electron chi connectivity index (χ1n) is 12.0. The number of anilines is 4. The van der Waals surface area contributed by atoms with Gasteiger partial charge in [0.25, 0.3) is 0 Å². The minimum absolute atomic E-state index is 0.576. The molecule has 0 aliphatic carbocycles. The van der Waals surface area contributed by atoms with Gasteiger partial charge in [-0.05, 0) is 18.2 Å². The second kappa shape index (κ2) is 9.63. The number of likely N-dealkylation sites (tertiary alicyclic amines) is 1. The average Bonchev–Trinajstić information content (AvgIpc) is 3.26. The third-order valence-corrected chi connectivity index (χ3v) is 7.91. The first-order chi connectivity index (χ1) is 16.7. The van der Waals surface area contributed by atoms with Crippen LogP contribution in [0.3, 0.4) is 0 Å². The zero-order valence-corrected chi connectivity index (χ0v) is 20.1. The molecule has 2 aromatic heterocycles. The maximum absolute atomic E-state index is 6.15. The van der Waals surface area contributed by atoms with Gasteiger partial charge >= 0.3 is 0 Å². The molecule has 0 radical (unpaired) electrons. The van der Waals surface area contributed by atoms with Crippen molar-refractivity contribution in [1.29, 1.82) is 0 Å². The lowest BCUT2D eigenvalue weighted by molar-refractivity contribution is -0.0341. The van der Waals surface area contributed by atoms with Gasteiger partial charge in [0.05, 0.1) is 48.0 Å². The molecule has 1 aromatic carbocycles. The summed E-state index contributed by atoms with van der Waals surface area (Å²) in [5, 5.41) is 3.33. The number of aromatic nitrogens is 2. The molecule has 0 bridgehead atoms. The van der Waals surface area contributed by atoms with E-state index in [2.05, 4.69) is 26.1 Å². The Morgan fingerprint density at radius 3 is 2.50 bits per heavy atom. The second-order valence-electron chi connectivity index (χ2n) is 9.11. The summed E-state index contributed by atoms with van der Waals surface area (Å²) >= 11 is 1.81. The highest BCUT2D eigenvalue weighted by atomic mass is 32.1. The third kappa shape index (κ3) is 4.56. The summed E-state index contributed by atoms with van der Waals surface area (Å²) in [6, 6.07) is 10.6. The average molecular weight is 482 g/mol. The Kier molecular flexibility index (Phi) is 6.23. The number of morpholine rings is 2. The fourth-order valence-electron chi connectivity index (χ4n) is 4.88. The van der Waals surface area contributed by atoms with Crippen molar-refractivity contribution in [2.75, 3.05) is 81.6 Å². The van der Waals surface area contributed by atoms with Crippen LogP contribution in [-0.4, -0.2) is 91.5 Å². The van der Waals surface area contributed by atoms with Crippen LogP contribution in [0, 0.1) is 0 Å². The number of thiophene rings is 1. The summed E-state index contributed by atoms with van der Waals surface area (Å²) in [5.41, 5.74) is 8.63. The highest BCUT2D eigenvalue weighted by molar-refractivity contribution is 7.19. The number of rotatable bonds is 6. The van der Waals surface area contributed by atoms with Crippen molar-refractivity contribution in [3.63, 3.8) is 0 Å².